The number of aryl methyl sites for hydroxylation is 3. The maximum absolute atomic E-state index is 12.7. The second kappa shape index (κ2) is 8.84. The molecule has 1 aliphatic heterocycles. The van der Waals surface area contributed by atoms with Crippen molar-refractivity contribution >= 4 is 11.6 Å². The Kier molecular flexibility index (Phi) is 6.00. The minimum atomic E-state index is 0.0578. The first-order valence-corrected chi connectivity index (χ1v) is 10.6. The molecule has 1 saturated heterocycles. The molecule has 1 aliphatic rings. The van der Waals surface area contributed by atoms with Gasteiger partial charge in [0.2, 0.25) is 11.8 Å². The number of benzene rings is 2. The van der Waals surface area contributed by atoms with Crippen LogP contribution in [0.3, 0.4) is 0 Å². The van der Waals surface area contributed by atoms with Gasteiger partial charge in [0.25, 0.3) is 0 Å². The van der Waals surface area contributed by atoms with Gasteiger partial charge in [-0.15, -0.1) is 0 Å². The van der Waals surface area contributed by atoms with E-state index in [9.17, 15) is 4.79 Å². The highest BCUT2D eigenvalue weighted by atomic mass is 16.4. The molecule has 1 aromatic heterocycles. The zero-order valence-corrected chi connectivity index (χ0v) is 17.9. The van der Waals surface area contributed by atoms with E-state index >= 15 is 0 Å². The van der Waals surface area contributed by atoms with Crippen molar-refractivity contribution in [3.8, 4) is 11.5 Å². The number of nitrogens with one attached hydrogen (secondary N) is 1. The Morgan fingerprint density at radius 3 is 2.47 bits per heavy atom. The Morgan fingerprint density at radius 1 is 1.07 bits per heavy atom. The van der Waals surface area contributed by atoms with E-state index in [-0.39, 0.29) is 11.8 Å². The van der Waals surface area contributed by atoms with Crippen LogP contribution in [0.25, 0.3) is 11.5 Å². The van der Waals surface area contributed by atoms with Crippen LogP contribution in [0.5, 0.6) is 0 Å². The van der Waals surface area contributed by atoms with Gasteiger partial charge in [-0.2, -0.15) is 0 Å². The molecule has 0 atom stereocenters. The number of likely N-dealkylation sites (tertiary alicyclic amines) is 1. The van der Waals surface area contributed by atoms with Gasteiger partial charge in [-0.3, -0.25) is 9.69 Å². The third kappa shape index (κ3) is 4.62. The fraction of sp³-hybridized carbons (Fsp3) is 0.360. The number of oxazole rings is 1. The Bertz CT molecular complexity index is 1020. The molecule has 4 rings (SSSR count). The molecule has 0 saturated carbocycles. The molecule has 3 aromatic rings. The molecule has 1 amide bonds. The number of para-hydroxylation sites is 1. The summed E-state index contributed by atoms with van der Waals surface area (Å²) in [5.74, 6) is 1.73. The SMILES string of the molecule is Cc1ccc(-c2nc(CN3CCC(C(=O)Nc4ccccc4C)CC3)c(C)o2)cc1. The first-order chi connectivity index (χ1) is 14.5. The number of amides is 1. The highest BCUT2D eigenvalue weighted by Gasteiger charge is 2.26. The molecule has 5 nitrogen and oxygen atoms in total. The number of rotatable bonds is 5. The van der Waals surface area contributed by atoms with E-state index in [0.29, 0.717) is 5.89 Å². The largest absolute Gasteiger partial charge is 0.441 e. The normalized spacial score (nSPS) is 15.3. The van der Waals surface area contributed by atoms with Crippen LogP contribution in [0, 0.1) is 26.7 Å². The van der Waals surface area contributed by atoms with Crippen LogP contribution in [-0.2, 0) is 11.3 Å². The minimum Gasteiger partial charge on any atom is -0.441 e. The van der Waals surface area contributed by atoms with E-state index in [1.807, 2.05) is 50.2 Å². The average molecular weight is 404 g/mol. The molecule has 0 radical (unpaired) electrons. The van der Waals surface area contributed by atoms with Gasteiger partial charge in [0, 0.05) is 23.7 Å². The number of nitrogens with zero attached hydrogens (tertiary/aromatic N) is 2. The highest BCUT2D eigenvalue weighted by Crippen LogP contribution is 2.25. The molecule has 1 N–H and O–H groups in total. The van der Waals surface area contributed by atoms with Crippen LogP contribution in [0.15, 0.2) is 52.9 Å². The number of carbonyl (C=O) groups is 1. The molecule has 0 unspecified atom stereocenters. The van der Waals surface area contributed by atoms with Crippen molar-refractivity contribution < 1.29 is 9.21 Å². The summed E-state index contributed by atoms with van der Waals surface area (Å²) in [4.78, 5) is 19.8. The second-order valence-electron chi connectivity index (χ2n) is 8.24. The lowest BCUT2D eigenvalue weighted by Crippen LogP contribution is -2.38. The van der Waals surface area contributed by atoms with E-state index in [1.54, 1.807) is 0 Å². The predicted octanol–water partition coefficient (Wildman–Crippen LogP) is 5.12. The van der Waals surface area contributed by atoms with Gasteiger partial charge in [0.1, 0.15) is 5.76 Å². The first kappa shape index (κ1) is 20.4. The lowest BCUT2D eigenvalue weighted by atomic mass is 9.95. The fourth-order valence-electron chi connectivity index (χ4n) is 3.91. The van der Waals surface area contributed by atoms with E-state index in [2.05, 4.69) is 29.3 Å². The molecule has 1 fully saturated rings. The standard InChI is InChI=1S/C25H29N3O2/c1-17-8-10-21(11-9-17)25-27-23(19(3)30-25)16-28-14-12-20(13-15-28)24(29)26-22-7-5-4-6-18(22)2/h4-11,20H,12-16H2,1-3H3,(H,26,29). The topological polar surface area (TPSA) is 58.4 Å². The first-order valence-electron chi connectivity index (χ1n) is 10.6. The molecule has 0 spiro atoms. The van der Waals surface area contributed by atoms with Crippen LogP contribution < -0.4 is 5.32 Å². The molecule has 5 heteroatoms. The van der Waals surface area contributed by atoms with Gasteiger partial charge < -0.3 is 9.73 Å². The lowest BCUT2D eigenvalue weighted by molar-refractivity contribution is -0.121. The van der Waals surface area contributed by atoms with Crippen LogP contribution >= 0.6 is 0 Å². The summed E-state index contributed by atoms with van der Waals surface area (Å²) in [5.41, 5.74) is 5.20. The van der Waals surface area contributed by atoms with E-state index in [1.165, 1.54) is 5.56 Å². The van der Waals surface area contributed by atoms with Gasteiger partial charge in [-0.1, -0.05) is 35.9 Å². The van der Waals surface area contributed by atoms with Gasteiger partial charge >= 0.3 is 0 Å². The summed E-state index contributed by atoms with van der Waals surface area (Å²) in [5, 5.41) is 3.09. The molecule has 2 heterocycles. The third-order valence-electron chi connectivity index (χ3n) is 5.93. The Morgan fingerprint density at radius 2 is 1.77 bits per heavy atom. The Balaban J connectivity index is 1.33. The summed E-state index contributed by atoms with van der Waals surface area (Å²) < 4.78 is 5.92. The number of carbonyl (C=O) groups excluding carboxylic acids is 1. The zero-order valence-electron chi connectivity index (χ0n) is 17.9. The monoisotopic (exact) mass is 403 g/mol. The van der Waals surface area contributed by atoms with Crippen molar-refractivity contribution in [1.82, 2.24) is 9.88 Å². The summed E-state index contributed by atoms with van der Waals surface area (Å²) in [6, 6.07) is 16.1. The second-order valence-corrected chi connectivity index (χ2v) is 8.24. The maximum Gasteiger partial charge on any atom is 0.227 e. The van der Waals surface area contributed by atoms with Crippen LogP contribution in [0.4, 0.5) is 5.69 Å². The highest BCUT2D eigenvalue weighted by molar-refractivity contribution is 5.93. The number of hydrogen-bond acceptors (Lipinski definition) is 4. The van der Waals surface area contributed by atoms with Gasteiger partial charge in [0.15, 0.2) is 0 Å². The number of hydrogen-bond donors (Lipinski definition) is 1. The molecule has 30 heavy (non-hydrogen) atoms. The summed E-state index contributed by atoms with van der Waals surface area (Å²) >= 11 is 0. The minimum absolute atomic E-state index is 0.0578. The predicted molar refractivity (Wildman–Crippen MR) is 119 cm³/mol. The molecular formula is C25H29N3O2. The average Bonchev–Trinajstić information content (AvgIpc) is 3.11. The van der Waals surface area contributed by atoms with Crippen molar-refractivity contribution in [2.45, 2.75) is 40.2 Å². The van der Waals surface area contributed by atoms with Crippen molar-refractivity contribution in [2.75, 3.05) is 18.4 Å². The molecular weight excluding hydrogens is 374 g/mol. The van der Waals surface area contributed by atoms with Gasteiger partial charge in [-0.25, -0.2) is 4.98 Å². The lowest BCUT2D eigenvalue weighted by Gasteiger charge is -2.30. The third-order valence-corrected chi connectivity index (χ3v) is 5.93. The number of piperidine rings is 1. The fourth-order valence-corrected chi connectivity index (χ4v) is 3.91. The zero-order chi connectivity index (χ0) is 21.1. The molecule has 156 valence electrons. The number of anilines is 1. The smallest absolute Gasteiger partial charge is 0.227 e. The maximum atomic E-state index is 12.7. The van der Waals surface area contributed by atoms with E-state index in [4.69, 9.17) is 9.40 Å². The summed E-state index contributed by atoms with van der Waals surface area (Å²) in [6.07, 6.45) is 1.72. The van der Waals surface area contributed by atoms with Crippen LogP contribution in [-0.4, -0.2) is 28.9 Å². The van der Waals surface area contributed by atoms with Crippen molar-refractivity contribution in [3.05, 3.63) is 71.1 Å². The Hall–Kier alpha value is -2.92. The van der Waals surface area contributed by atoms with Gasteiger partial charge in [-0.05, 0) is 70.5 Å². The molecule has 2 aromatic carbocycles. The summed E-state index contributed by atoms with van der Waals surface area (Å²) in [6.45, 7) is 8.59. The van der Waals surface area contributed by atoms with Crippen molar-refractivity contribution in [2.24, 2.45) is 5.92 Å². The Labute approximate surface area is 178 Å². The van der Waals surface area contributed by atoms with Gasteiger partial charge in [0.05, 0.1) is 5.69 Å². The van der Waals surface area contributed by atoms with Crippen molar-refractivity contribution in [3.63, 3.8) is 0 Å². The van der Waals surface area contributed by atoms with E-state index in [0.717, 1.165) is 60.7 Å². The van der Waals surface area contributed by atoms with E-state index < -0.39 is 0 Å². The summed E-state index contributed by atoms with van der Waals surface area (Å²) in [7, 11) is 0. The number of aromatic nitrogens is 1. The van der Waals surface area contributed by atoms with Crippen LogP contribution in [0.1, 0.15) is 35.4 Å². The molecule has 0 aliphatic carbocycles. The van der Waals surface area contributed by atoms with Crippen LogP contribution in [0.2, 0.25) is 0 Å². The molecule has 0 bridgehead atoms. The van der Waals surface area contributed by atoms with Crippen molar-refractivity contribution in [1.29, 1.82) is 0 Å². The quantitative estimate of drug-likeness (QED) is 0.643.